The van der Waals surface area contributed by atoms with E-state index in [2.05, 4.69) is 25.7 Å². The molecular weight excluding hydrogens is 286 g/mol. The smallest absolute Gasteiger partial charge is 0.319 e. The van der Waals surface area contributed by atoms with Crippen molar-refractivity contribution in [2.75, 3.05) is 51.4 Å². The summed E-state index contributed by atoms with van der Waals surface area (Å²) >= 11 is 0. The predicted molar refractivity (Wildman–Crippen MR) is 80.7 cm³/mol. The predicted octanol–water partition coefficient (Wildman–Crippen LogP) is 0.269. The van der Waals surface area contributed by atoms with Crippen LogP contribution in [-0.4, -0.2) is 73.2 Å². The molecule has 3 N–H and O–H groups in total. The second kappa shape index (κ2) is 7.57. The molecular formula is C14H23N5O3. The molecule has 3 heterocycles. The Balaban J connectivity index is 1.53. The van der Waals surface area contributed by atoms with Crippen LogP contribution in [-0.2, 0) is 9.47 Å². The van der Waals surface area contributed by atoms with Gasteiger partial charge in [-0.1, -0.05) is 0 Å². The zero-order chi connectivity index (χ0) is 15.2. The molecule has 2 amide bonds. The van der Waals surface area contributed by atoms with Crippen molar-refractivity contribution in [2.24, 2.45) is 5.92 Å². The van der Waals surface area contributed by atoms with Crippen molar-refractivity contribution >= 4 is 11.7 Å². The third kappa shape index (κ3) is 3.96. The van der Waals surface area contributed by atoms with Crippen molar-refractivity contribution < 1.29 is 14.3 Å². The SMILES string of the molecule is O=C(NCC(C1CCOC1)N1CCOCC1)Nc1cn[nH]c1. The average Bonchev–Trinajstić information content (AvgIpc) is 3.22. The van der Waals surface area contributed by atoms with E-state index in [1.165, 1.54) is 0 Å². The van der Waals surface area contributed by atoms with Gasteiger partial charge >= 0.3 is 6.03 Å². The van der Waals surface area contributed by atoms with Gasteiger partial charge in [-0.3, -0.25) is 10.00 Å². The number of hydrogen-bond acceptors (Lipinski definition) is 5. The van der Waals surface area contributed by atoms with Gasteiger partial charge in [0.15, 0.2) is 0 Å². The molecule has 0 aliphatic carbocycles. The summed E-state index contributed by atoms with van der Waals surface area (Å²) in [6, 6.07) is 0.0834. The number of urea groups is 1. The standard InChI is InChI=1S/C14H23N5O3/c20-14(18-12-7-16-17-8-12)15-9-13(11-1-4-22-10-11)19-2-5-21-6-3-19/h7-8,11,13H,1-6,9-10H2,(H,16,17)(H2,15,18,20). The van der Waals surface area contributed by atoms with Crippen LogP contribution in [0.4, 0.5) is 10.5 Å². The fraction of sp³-hybridized carbons (Fsp3) is 0.714. The van der Waals surface area contributed by atoms with Gasteiger partial charge in [0.1, 0.15) is 0 Å². The van der Waals surface area contributed by atoms with E-state index in [1.807, 2.05) is 0 Å². The first-order chi connectivity index (χ1) is 10.8. The summed E-state index contributed by atoms with van der Waals surface area (Å²) in [4.78, 5) is 14.4. The van der Waals surface area contributed by atoms with Gasteiger partial charge in [-0.25, -0.2) is 4.79 Å². The minimum Gasteiger partial charge on any atom is -0.381 e. The third-order valence-electron chi connectivity index (χ3n) is 4.25. The molecule has 0 spiro atoms. The number of H-pyrrole nitrogens is 1. The molecule has 22 heavy (non-hydrogen) atoms. The number of amides is 2. The first-order valence-electron chi connectivity index (χ1n) is 7.76. The average molecular weight is 309 g/mol. The van der Waals surface area contributed by atoms with Crippen LogP contribution in [0, 0.1) is 5.92 Å². The van der Waals surface area contributed by atoms with Gasteiger partial charge in [-0.05, 0) is 6.42 Å². The molecule has 1 aromatic heterocycles. The largest absolute Gasteiger partial charge is 0.381 e. The Morgan fingerprint density at radius 1 is 1.41 bits per heavy atom. The van der Waals surface area contributed by atoms with Crippen molar-refractivity contribution in [1.29, 1.82) is 0 Å². The number of nitrogens with one attached hydrogen (secondary N) is 3. The van der Waals surface area contributed by atoms with Crippen LogP contribution in [0.25, 0.3) is 0 Å². The lowest BCUT2D eigenvalue weighted by Crippen LogP contribution is -2.52. The van der Waals surface area contributed by atoms with Gasteiger partial charge in [0.2, 0.25) is 0 Å². The number of aromatic amines is 1. The Morgan fingerprint density at radius 2 is 2.27 bits per heavy atom. The lowest BCUT2D eigenvalue weighted by atomic mass is 9.97. The van der Waals surface area contributed by atoms with E-state index in [9.17, 15) is 4.79 Å². The Hall–Kier alpha value is -1.64. The van der Waals surface area contributed by atoms with Crippen LogP contribution >= 0.6 is 0 Å². The molecule has 3 rings (SSSR count). The quantitative estimate of drug-likeness (QED) is 0.726. The maximum absolute atomic E-state index is 12.0. The molecule has 122 valence electrons. The molecule has 1 aromatic rings. The van der Waals surface area contributed by atoms with E-state index in [-0.39, 0.29) is 6.03 Å². The van der Waals surface area contributed by atoms with Crippen molar-refractivity contribution in [3.05, 3.63) is 12.4 Å². The summed E-state index contributed by atoms with van der Waals surface area (Å²) in [5.74, 6) is 0.465. The van der Waals surface area contributed by atoms with Crippen LogP contribution in [0.3, 0.4) is 0 Å². The van der Waals surface area contributed by atoms with E-state index in [0.717, 1.165) is 45.9 Å². The van der Waals surface area contributed by atoms with E-state index in [1.54, 1.807) is 12.4 Å². The second-order valence-electron chi connectivity index (χ2n) is 5.66. The highest BCUT2D eigenvalue weighted by molar-refractivity contribution is 5.88. The summed E-state index contributed by atoms with van der Waals surface area (Å²) < 4.78 is 10.9. The van der Waals surface area contributed by atoms with E-state index in [4.69, 9.17) is 9.47 Å². The van der Waals surface area contributed by atoms with Crippen LogP contribution in [0.1, 0.15) is 6.42 Å². The van der Waals surface area contributed by atoms with Crippen LogP contribution < -0.4 is 10.6 Å². The fourth-order valence-corrected chi connectivity index (χ4v) is 3.05. The zero-order valence-electron chi connectivity index (χ0n) is 12.6. The number of rotatable bonds is 5. The molecule has 2 unspecified atom stereocenters. The zero-order valence-corrected chi connectivity index (χ0v) is 12.6. The molecule has 8 heteroatoms. The van der Waals surface area contributed by atoms with Gasteiger partial charge in [-0.15, -0.1) is 0 Å². The van der Waals surface area contributed by atoms with Crippen LogP contribution in [0.5, 0.6) is 0 Å². The lowest BCUT2D eigenvalue weighted by molar-refractivity contribution is 0.00222. The van der Waals surface area contributed by atoms with E-state index in [0.29, 0.717) is 24.2 Å². The summed E-state index contributed by atoms with van der Waals surface area (Å²) in [6.07, 6.45) is 4.26. The Labute approximate surface area is 129 Å². The molecule has 2 fully saturated rings. The van der Waals surface area contributed by atoms with Crippen molar-refractivity contribution in [1.82, 2.24) is 20.4 Å². The number of anilines is 1. The number of aromatic nitrogens is 2. The normalized spacial score (nSPS) is 24.1. The maximum Gasteiger partial charge on any atom is 0.319 e. The van der Waals surface area contributed by atoms with Gasteiger partial charge in [0, 0.05) is 44.4 Å². The van der Waals surface area contributed by atoms with E-state index >= 15 is 0 Å². The molecule has 8 nitrogen and oxygen atoms in total. The molecule has 0 bridgehead atoms. The molecule has 2 saturated heterocycles. The minimum absolute atomic E-state index is 0.210. The lowest BCUT2D eigenvalue weighted by Gasteiger charge is -2.37. The van der Waals surface area contributed by atoms with E-state index < -0.39 is 0 Å². The highest BCUT2D eigenvalue weighted by Crippen LogP contribution is 2.21. The number of carbonyl (C=O) groups is 1. The second-order valence-corrected chi connectivity index (χ2v) is 5.66. The van der Waals surface area contributed by atoms with Crippen molar-refractivity contribution in [3.63, 3.8) is 0 Å². The molecule has 2 atom stereocenters. The molecule has 0 aromatic carbocycles. The summed E-state index contributed by atoms with van der Waals surface area (Å²) in [5, 5.41) is 12.2. The topological polar surface area (TPSA) is 91.5 Å². The monoisotopic (exact) mass is 309 g/mol. The Morgan fingerprint density at radius 3 is 2.95 bits per heavy atom. The Bertz CT molecular complexity index is 455. The Kier molecular flexibility index (Phi) is 5.25. The summed E-state index contributed by atoms with van der Waals surface area (Å²) in [7, 11) is 0. The highest BCUT2D eigenvalue weighted by atomic mass is 16.5. The van der Waals surface area contributed by atoms with Gasteiger partial charge in [-0.2, -0.15) is 5.10 Å². The number of ether oxygens (including phenoxy) is 2. The van der Waals surface area contributed by atoms with Gasteiger partial charge < -0.3 is 20.1 Å². The number of nitrogens with zero attached hydrogens (tertiary/aromatic N) is 2. The maximum atomic E-state index is 12.0. The fourth-order valence-electron chi connectivity index (χ4n) is 3.05. The summed E-state index contributed by atoms with van der Waals surface area (Å²) in [5.41, 5.74) is 0.657. The highest BCUT2D eigenvalue weighted by Gasteiger charge is 2.31. The van der Waals surface area contributed by atoms with Gasteiger partial charge in [0.05, 0.1) is 31.7 Å². The molecule has 0 saturated carbocycles. The molecule has 2 aliphatic heterocycles. The van der Waals surface area contributed by atoms with Gasteiger partial charge in [0.25, 0.3) is 0 Å². The number of hydrogen-bond donors (Lipinski definition) is 3. The molecule has 2 aliphatic rings. The number of carbonyl (C=O) groups excluding carboxylic acids is 1. The van der Waals surface area contributed by atoms with Crippen LogP contribution in [0.15, 0.2) is 12.4 Å². The molecule has 0 radical (unpaired) electrons. The van der Waals surface area contributed by atoms with Crippen molar-refractivity contribution in [3.8, 4) is 0 Å². The van der Waals surface area contributed by atoms with Crippen molar-refractivity contribution in [2.45, 2.75) is 12.5 Å². The number of morpholine rings is 1. The van der Waals surface area contributed by atoms with Crippen LogP contribution in [0.2, 0.25) is 0 Å². The first kappa shape index (κ1) is 15.3. The minimum atomic E-state index is -0.210. The first-order valence-corrected chi connectivity index (χ1v) is 7.76. The summed E-state index contributed by atoms with van der Waals surface area (Å²) in [6.45, 7) is 5.52. The third-order valence-corrected chi connectivity index (χ3v) is 4.25.